The second kappa shape index (κ2) is 7.49. The van der Waals surface area contributed by atoms with Crippen molar-refractivity contribution in [1.82, 2.24) is 15.3 Å². The predicted octanol–water partition coefficient (Wildman–Crippen LogP) is 2.91. The molecule has 2 aromatic heterocycles. The van der Waals surface area contributed by atoms with Gasteiger partial charge in [0.1, 0.15) is 5.75 Å². The number of thiazole rings is 1. The van der Waals surface area contributed by atoms with Crippen LogP contribution < -0.4 is 10.1 Å². The SMILES string of the molecule is COc1cncc([C@@H](NC(=O)c2nc(C(C)C)cs2)C2CC(O)C2)c1. The molecule has 1 atom stereocenters. The van der Waals surface area contributed by atoms with E-state index in [1.807, 2.05) is 11.4 Å². The van der Waals surface area contributed by atoms with Crippen LogP contribution in [0.25, 0.3) is 0 Å². The number of carbonyl (C=O) groups excluding carboxylic acids is 1. The van der Waals surface area contributed by atoms with E-state index in [4.69, 9.17) is 4.74 Å². The topological polar surface area (TPSA) is 84.3 Å². The second-order valence-electron chi connectivity index (χ2n) is 6.73. The third kappa shape index (κ3) is 3.99. The number of nitrogens with zero attached hydrogens (tertiary/aromatic N) is 2. The highest BCUT2D eigenvalue weighted by Gasteiger charge is 2.36. The van der Waals surface area contributed by atoms with Crippen molar-refractivity contribution in [3.05, 3.63) is 40.1 Å². The van der Waals surface area contributed by atoms with Crippen LogP contribution in [0.3, 0.4) is 0 Å². The smallest absolute Gasteiger partial charge is 0.280 e. The number of amides is 1. The Labute approximate surface area is 151 Å². The fourth-order valence-electron chi connectivity index (χ4n) is 2.95. The lowest BCUT2D eigenvalue weighted by Gasteiger charge is -2.38. The molecule has 25 heavy (non-hydrogen) atoms. The van der Waals surface area contributed by atoms with Crippen LogP contribution >= 0.6 is 11.3 Å². The summed E-state index contributed by atoms with van der Waals surface area (Å²) in [6, 6.07) is 1.66. The molecule has 2 aromatic rings. The Morgan fingerprint density at radius 3 is 2.76 bits per heavy atom. The molecule has 0 radical (unpaired) electrons. The molecule has 1 fully saturated rings. The number of methoxy groups -OCH3 is 1. The number of rotatable bonds is 6. The number of ether oxygens (including phenoxy) is 1. The van der Waals surface area contributed by atoms with Crippen molar-refractivity contribution in [3.63, 3.8) is 0 Å². The second-order valence-corrected chi connectivity index (χ2v) is 7.58. The highest BCUT2D eigenvalue weighted by Crippen LogP contribution is 2.38. The fourth-order valence-corrected chi connectivity index (χ4v) is 3.83. The van der Waals surface area contributed by atoms with Crippen molar-refractivity contribution in [1.29, 1.82) is 0 Å². The Morgan fingerprint density at radius 1 is 1.40 bits per heavy atom. The summed E-state index contributed by atoms with van der Waals surface area (Å²) >= 11 is 1.36. The van der Waals surface area contributed by atoms with Gasteiger partial charge in [0.05, 0.1) is 31.1 Å². The molecule has 7 heteroatoms. The Bertz CT molecular complexity index is 741. The number of pyridine rings is 1. The van der Waals surface area contributed by atoms with Gasteiger partial charge in [-0.2, -0.15) is 0 Å². The van der Waals surface area contributed by atoms with Gasteiger partial charge in [-0.3, -0.25) is 9.78 Å². The van der Waals surface area contributed by atoms with Crippen LogP contribution in [0.4, 0.5) is 0 Å². The van der Waals surface area contributed by atoms with Gasteiger partial charge < -0.3 is 15.2 Å². The maximum absolute atomic E-state index is 12.7. The fraction of sp³-hybridized carbons (Fsp3) is 0.500. The standard InChI is InChI=1S/C18H23N3O3S/c1-10(2)15-9-25-18(20-15)17(23)21-16(11-4-13(22)5-11)12-6-14(24-3)8-19-7-12/h6-11,13,16,22H,4-5H2,1-3H3,(H,21,23)/t11?,13?,16-/m0/s1. The molecule has 0 aromatic carbocycles. The molecule has 0 saturated heterocycles. The Balaban J connectivity index is 1.80. The minimum absolute atomic E-state index is 0.178. The summed E-state index contributed by atoms with van der Waals surface area (Å²) in [6.45, 7) is 4.11. The normalized spacial score (nSPS) is 20.8. The van der Waals surface area contributed by atoms with Gasteiger partial charge in [-0.25, -0.2) is 4.98 Å². The van der Waals surface area contributed by atoms with Gasteiger partial charge in [-0.15, -0.1) is 11.3 Å². The first-order valence-electron chi connectivity index (χ1n) is 8.41. The molecule has 1 aliphatic carbocycles. The quantitative estimate of drug-likeness (QED) is 0.826. The zero-order valence-electron chi connectivity index (χ0n) is 14.6. The molecule has 0 spiro atoms. The van der Waals surface area contributed by atoms with Crippen molar-refractivity contribution in [2.45, 2.75) is 44.8 Å². The molecule has 2 heterocycles. The number of hydrogen-bond acceptors (Lipinski definition) is 6. The van der Waals surface area contributed by atoms with Gasteiger partial charge in [0.15, 0.2) is 5.01 Å². The van der Waals surface area contributed by atoms with Crippen LogP contribution in [-0.2, 0) is 0 Å². The maximum atomic E-state index is 12.7. The molecule has 6 nitrogen and oxygen atoms in total. The Morgan fingerprint density at radius 2 is 2.16 bits per heavy atom. The molecule has 0 bridgehead atoms. The van der Waals surface area contributed by atoms with Crippen LogP contribution in [0.2, 0.25) is 0 Å². The van der Waals surface area contributed by atoms with Crippen molar-refractivity contribution in [2.75, 3.05) is 7.11 Å². The number of aliphatic hydroxyl groups excluding tert-OH is 1. The summed E-state index contributed by atoms with van der Waals surface area (Å²) in [5.41, 5.74) is 1.80. The van der Waals surface area contributed by atoms with Gasteiger partial charge in [0.25, 0.3) is 5.91 Å². The number of aromatic nitrogens is 2. The molecule has 1 aliphatic rings. The predicted molar refractivity (Wildman–Crippen MR) is 95.9 cm³/mol. The first-order chi connectivity index (χ1) is 12.0. The van der Waals surface area contributed by atoms with Gasteiger partial charge in [-0.05, 0) is 36.3 Å². The molecule has 134 valence electrons. The summed E-state index contributed by atoms with van der Waals surface area (Å²) in [6.07, 6.45) is 4.40. The highest BCUT2D eigenvalue weighted by molar-refractivity contribution is 7.11. The first kappa shape index (κ1) is 17.8. The Kier molecular flexibility index (Phi) is 5.34. The molecule has 0 unspecified atom stereocenters. The zero-order chi connectivity index (χ0) is 18.0. The Hall–Kier alpha value is -1.99. The highest BCUT2D eigenvalue weighted by atomic mass is 32.1. The van der Waals surface area contributed by atoms with E-state index < -0.39 is 0 Å². The lowest BCUT2D eigenvalue weighted by atomic mass is 9.75. The van der Waals surface area contributed by atoms with Crippen molar-refractivity contribution in [2.24, 2.45) is 5.92 Å². The van der Waals surface area contributed by atoms with Crippen molar-refractivity contribution >= 4 is 17.2 Å². The number of carbonyl (C=O) groups is 1. The van der Waals surface area contributed by atoms with Gasteiger partial charge >= 0.3 is 0 Å². The van der Waals surface area contributed by atoms with E-state index in [2.05, 4.69) is 29.1 Å². The third-order valence-electron chi connectivity index (χ3n) is 4.54. The molecular weight excluding hydrogens is 338 g/mol. The van der Waals surface area contributed by atoms with Crippen molar-refractivity contribution < 1.29 is 14.6 Å². The average Bonchev–Trinajstić information content (AvgIpc) is 3.07. The molecule has 1 saturated carbocycles. The van der Waals surface area contributed by atoms with E-state index >= 15 is 0 Å². The molecule has 3 rings (SSSR count). The van der Waals surface area contributed by atoms with E-state index in [-0.39, 0.29) is 29.9 Å². The minimum atomic E-state index is -0.296. The van der Waals surface area contributed by atoms with Gasteiger partial charge in [0.2, 0.25) is 0 Å². The van der Waals surface area contributed by atoms with Crippen molar-refractivity contribution in [3.8, 4) is 5.75 Å². The summed E-state index contributed by atoms with van der Waals surface area (Å²) in [5.74, 6) is 0.925. The lowest BCUT2D eigenvalue weighted by Crippen LogP contribution is -2.41. The van der Waals surface area contributed by atoms with E-state index in [1.54, 1.807) is 19.5 Å². The monoisotopic (exact) mass is 361 g/mol. The number of nitrogens with one attached hydrogen (secondary N) is 1. The van der Waals surface area contributed by atoms with E-state index in [1.165, 1.54) is 11.3 Å². The lowest BCUT2D eigenvalue weighted by molar-refractivity contribution is 0.0234. The summed E-state index contributed by atoms with van der Waals surface area (Å²) in [4.78, 5) is 21.3. The molecule has 2 N–H and O–H groups in total. The van der Waals surface area contributed by atoms with Crippen LogP contribution in [-0.4, -0.2) is 34.2 Å². The van der Waals surface area contributed by atoms with Gasteiger partial charge in [0, 0.05) is 11.6 Å². The molecular formula is C18H23N3O3S. The van der Waals surface area contributed by atoms with Gasteiger partial charge in [-0.1, -0.05) is 13.8 Å². The largest absolute Gasteiger partial charge is 0.495 e. The molecule has 0 aliphatic heterocycles. The average molecular weight is 361 g/mol. The van der Waals surface area contributed by atoms with E-state index in [0.29, 0.717) is 23.6 Å². The zero-order valence-corrected chi connectivity index (χ0v) is 15.4. The van der Waals surface area contributed by atoms with E-state index in [0.717, 1.165) is 11.3 Å². The van der Waals surface area contributed by atoms with E-state index in [9.17, 15) is 9.90 Å². The number of hydrogen-bond donors (Lipinski definition) is 2. The maximum Gasteiger partial charge on any atom is 0.280 e. The van der Waals surface area contributed by atoms with Crippen LogP contribution in [0.1, 0.15) is 59.7 Å². The first-order valence-corrected chi connectivity index (χ1v) is 9.29. The van der Waals surface area contributed by atoms with Crippen LogP contribution in [0.15, 0.2) is 23.8 Å². The summed E-state index contributed by atoms with van der Waals surface area (Å²) < 4.78 is 5.24. The third-order valence-corrected chi connectivity index (χ3v) is 5.40. The minimum Gasteiger partial charge on any atom is -0.495 e. The summed E-state index contributed by atoms with van der Waals surface area (Å²) in [7, 11) is 1.59. The molecule has 1 amide bonds. The van der Waals surface area contributed by atoms with Crippen LogP contribution in [0, 0.1) is 5.92 Å². The summed E-state index contributed by atoms with van der Waals surface area (Å²) in [5, 5.41) is 15.1. The number of aliphatic hydroxyl groups is 1. The van der Waals surface area contributed by atoms with Crippen LogP contribution in [0.5, 0.6) is 5.75 Å².